The Labute approximate surface area is 220 Å². The van der Waals surface area contributed by atoms with Crippen molar-refractivity contribution in [3.05, 3.63) is 88.9 Å². The molecule has 7 nitrogen and oxygen atoms in total. The van der Waals surface area contributed by atoms with Gasteiger partial charge in [0, 0.05) is 24.5 Å². The van der Waals surface area contributed by atoms with Crippen LogP contribution < -0.4 is 14.8 Å². The summed E-state index contributed by atoms with van der Waals surface area (Å²) in [6, 6.07) is 17.9. The van der Waals surface area contributed by atoms with Crippen molar-refractivity contribution < 1.29 is 13.9 Å². The fraction of sp³-hybridized carbons (Fsp3) is 0.167. The van der Waals surface area contributed by atoms with E-state index in [-0.39, 0.29) is 5.82 Å². The summed E-state index contributed by atoms with van der Waals surface area (Å²) in [4.78, 5) is 9.31. The van der Waals surface area contributed by atoms with Crippen molar-refractivity contribution >= 4 is 22.7 Å². The van der Waals surface area contributed by atoms with Gasteiger partial charge in [-0.2, -0.15) is 10.2 Å². The molecule has 2 aromatic heterocycles. The van der Waals surface area contributed by atoms with Gasteiger partial charge in [-0.3, -0.25) is 0 Å². The Morgan fingerprint density at radius 3 is 2.26 bits per heavy atom. The van der Waals surface area contributed by atoms with Gasteiger partial charge >= 0.3 is 0 Å². The van der Waals surface area contributed by atoms with Crippen LogP contribution in [0, 0.1) is 37.9 Å². The van der Waals surface area contributed by atoms with E-state index in [4.69, 9.17) is 14.7 Å². The van der Waals surface area contributed by atoms with E-state index in [1.54, 1.807) is 31.4 Å². The van der Waals surface area contributed by atoms with Gasteiger partial charge in [0.05, 0.1) is 24.3 Å². The molecule has 5 aromatic rings. The third-order valence-electron chi connectivity index (χ3n) is 6.37. The maximum atomic E-state index is 14.3. The minimum absolute atomic E-state index is 0.316. The third-order valence-corrected chi connectivity index (χ3v) is 6.37. The number of fused-ring (bicyclic) bond motifs is 1. The van der Waals surface area contributed by atoms with E-state index in [2.05, 4.69) is 21.4 Å². The number of halogens is 1. The normalized spacial score (nSPS) is 10.9. The predicted molar refractivity (Wildman–Crippen MR) is 146 cm³/mol. The zero-order chi connectivity index (χ0) is 27.0. The van der Waals surface area contributed by atoms with Gasteiger partial charge in [-0.1, -0.05) is 0 Å². The molecule has 0 aliphatic rings. The maximum absolute atomic E-state index is 14.3. The molecule has 3 aromatic carbocycles. The molecule has 190 valence electrons. The molecule has 5 rings (SSSR count). The van der Waals surface area contributed by atoms with E-state index < -0.39 is 0 Å². The Morgan fingerprint density at radius 2 is 1.61 bits per heavy atom. The molecule has 1 N–H and O–H groups in total. The number of nitrogens with one attached hydrogen (secondary N) is 1. The highest BCUT2D eigenvalue weighted by Gasteiger charge is 2.18. The molecule has 0 saturated carbocycles. The van der Waals surface area contributed by atoms with Gasteiger partial charge < -0.3 is 19.4 Å². The molecule has 0 aliphatic carbocycles. The average molecular weight is 508 g/mol. The highest BCUT2D eigenvalue weighted by molar-refractivity contribution is 5.83. The van der Waals surface area contributed by atoms with Crippen LogP contribution in [0.1, 0.15) is 22.3 Å². The predicted octanol–water partition coefficient (Wildman–Crippen LogP) is 7.12. The van der Waals surface area contributed by atoms with Crippen LogP contribution in [0.15, 0.2) is 60.8 Å². The zero-order valence-electron chi connectivity index (χ0n) is 21.8. The first-order chi connectivity index (χ1) is 18.3. The van der Waals surface area contributed by atoms with Crippen molar-refractivity contribution in [2.24, 2.45) is 7.05 Å². The highest BCUT2D eigenvalue weighted by Crippen LogP contribution is 2.39. The second-order valence-corrected chi connectivity index (χ2v) is 9.17. The fourth-order valence-corrected chi connectivity index (χ4v) is 4.62. The van der Waals surface area contributed by atoms with Gasteiger partial charge in [0.1, 0.15) is 22.8 Å². The van der Waals surface area contributed by atoms with Crippen molar-refractivity contribution in [2.45, 2.75) is 20.8 Å². The Hall–Kier alpha value is -4.90. The van der Waals surface area contributed by atoms with Gasteiger partial charge in [0.25, 0.3) is 0 Å². The molecule has 0 spiro atoms. The number of benzene rings is 3. The number of aryl methyl sites for hydroxylation is 4. The van der Waals surface area contributed by atoms with Gasteiger partial charge in [-0.15, -0.1) is 0 Å². The van der Waals surface area contributed by atoms with Crippen LogP contribution in [0.5, 0.6) is 17.4 Å². The monoisotopic (exact) mass is 507 g/mol. The molecular formula is C30H26FN5O2. The lowest BCUT2D eigenvalue weighted by atomic mass is 9.97. The minimum Gasteiger partial charge on any atom is -0.496 e. The Bertz CT molecular complexity index is 1700. The van der Waals surface area contributed by atoms with Crippen LogP contribution in [0.2, 0.25) is 0 Å². The van der Waals surface area contributed by atoms with Crippen LogP contribution in [-0.2, 0) is 7.05 Å². The molecule has 38 heavy (non-hydrogen) atoms. The van der Waals surface area contributed by atoms with Crippen molar-refractivity contribution in [1.29, 1.82) is 5.26 Å². The first-order valence-electron chi connectivity index (χ1n) is 12.0. The van der Waals surface area contributed by atoms with Crippen molar-refractivity contribution in [3.63, 3.8) is 0 Å². The van der Waals surface area contributed by atoms with Crippen LogP contribution >= 0.6 is 0 Å². The van der Waals surface area contributed by atoms with E-state index in [0.29, 0.717) is 34.5 Å². The minimum atomic E-state index is -0.316. The Balaban J connectivity index is 1.55. The van der Waals surface area contributed by atoms with E-state index in [9.17, 15) is 4.39 Å². The molecule has 0 radical (unpaired) electrons. The van der Waals surface area contributed by atoms with Gasteiger partial charge in [0.2, 0.25) is 11.8 Å². The molecule has 0 aliphatic heterocycles. The highest BCUT2D eigenvalue weighted by atomic mass is 19.1. The smallest absolute Gasteiger partial charge is 0.249 e. The molecular weight excluding hydrogens is 481 g/mol. The molecule has 0 unspecified atom stereocenters. The third kappa shape index (κ3) is 4.62. The van der Waals surface area contributed by atoms with Crippen molar-refractivity contribution in [3.8, 4) is 34.6 Å². The van der Waals surface area contributed by atoms with Crippen molar-refractivity contribution in [2.75, 3.05) is 12.4 Å². The standard InChI is InChI=1S/C30H26FN5O2/c1-17-12-21(24-15-22(31)14-19(3)28(24)37-5)13-18(2)27(17)38-29-26-25(10-11-36(26)4)34-30(35-29)33-23-8-6-20(16-32)7-9-23/h6-15H,1-5H3,(H,33,34,35). The summed E-state index contributed by atoms with van der Waals surface area (Å²) < 4.78 is 28.2. The van der Waals surface area contributed by atoms with E-state index in [1.165, 1.54) is 12.1 Å². The SMILES string of the molecule is COc1c(C)cc(F)cc1-c1cc(C)c(Oc2nc(Nc3ccc(C#N)cc3)nc3ccn(C)c23)c(C)c1. The number of nitriles is 1. The first-order valence-corrected chi connectivity index (χ1v) is 12.0. The molecule has 0 atom stereocenters. The summed E-state index contributed by atoms with van der Waals surface area (Å²) in [5, 5.41) is 12.3. The topological polar surface area (TPSA) is 85.0 Å². The largest absolute Gasteiger partial charge is 0.496 e. The summed E-state index contributed by atoms with van der Waals surface area (Å²) in [6.07, 6.45) is 1.90. The molecule has 0 bridgehead atoms. The van der Waals surface area contributed by atoms with E-state index in [0.717, 1.165) is 39.0 Å². The number of anilines is 2. The number of hydrogen-bond donors (Lipinski definition) is 1. The van der Waals surface area contributed by atoms with Crippen LogP contribution in [-0.4, -0.2) is 21.6 Å². The molecule has 0 amide bonds. The number of aromatic nitrogens is 3. The second-order valence-electron chi connectivity index (χ2n) is 9.17. The summed E-state index contributed by atoms with van der Waals surface area (Å²) in [6.45, 7) is 5.72. The lowest BCUT2D eigenvalue weighted by Gasteiger charge is -2.17. The number of ether oxygens (including phenoxy) is 2. The lowest BCUT2D eigenvalue weighted by Crippen LogP contribution is -2.03. The lowest BCUT2D eigenvalue weighted by molar-refractivity contribution is 0.412. The van der Waals surface area contributed by atoms with Gasteiger partial charge in [-0.05, 0) is 97.6 Å². The summed E-state index contributed by atoms with van der Waals surface area (Å²) >= 11 is 0. The quantitative estimate of drug-likeness (QED) is 0.263. The molecule has 2 heterocycles. The number of methoxy groups -OCH3 is 1. The zero-order valence-corrected chi connectivity index (χ0v) is 21.8. The Kier molecular flexibility index (Phi) is 6.43. The summed E-state index contributed by atoms with van der Waals surface area (Å²) in [7, 11) is 3.50. The van der Waals surface area contributed by atoms with Crippen molar-refractivity contribution in [1.82, 2.24) is 14.5 Å². The van der Waals surface area contributed by atoms with Crippen LogP contribution in [0.3, 0.4) is 0 Å². The summed E-state index contributed by atoms with van der Waals surface area (Å²) in [5.41, 5.74) is 6.78. The fourth-order valence-electron chi connectivity index (χ4n) is 4.62. The second kappa shape index (κ2) is 9.87. The number of nitrogens with zero attached hydrogens (tertiary/aromatic N) is 4. The Morgan fingerprint density at radius 1 is 0.921 bits per heavy atom. The van der Waals surface area contributed by atoms with Gasteiger partial charge in [0.15, 0.2) is 0 Å². The number of hydrogen-bond acceptors (Lipinski definition) is 6. The average Bonchev–Trinajstić information content (AvgIpc) is 3.26. The molecule has 0 saturated heterocycles. The van der Waals surface area contributed by atoms with E-state index in [1.807, 2.05) is 56.8 Å². The van der Waals surface area contributed by atoms with Crippen LogP contribution in [0.4, 0.5) is 16.0 Å². The molecule has 0 fully saturated rings. The maximum Gasteiger partial charge on any atom is 0.249 e. The summed E-state index contributed by atoms with van der Waals surface area (Å²) in [5.74, 6) is 1.75. The van der Waals surface area contributed by atoms with E-state index >= 15 is 0 Å². The van der Waals surface area contributed by atoms with Gasteiger partial charge in [-0.25, -0.2) is 9.37 Å². The number of rotatable bonds is 6. The first kappa shape index (κ1) is 24.8. The van der Waals surface area contributed by atoms with Crippen LogP contribution in [0.25, 0.3) is 22.2 Å². The molecule has 8 heteroatoms.